The van der Waals surface area contributed by atoms with Crippen LogP contribution in [-0.4, -0.2) is 39.1 Å². The van der Waals surface area contributed by atoms with Crippen LogP contribution in [0.5, 0.6) is 0 Å². The van der Waals surface area contributed by atoms with E-state index in [0.717, 1.165) is 0 Å². The topological polar surface area (TPSA) is 70.8 Å². The third-order valence-electron chi connectivity index (χ3n) is 1.92. The average Bonchev–Trinajstić information content (AvgIpc) is 2.18. The molecule has 0 saturated heterocycles. The summed E-state index contributed by atoms with van der Waals surface area (Å²) in [6, 6.07) is -0.570. The summed E-state index contributed by atoms with van der Waals surface area (Å²) in [4.78, 5) is 11.4. The average molecular weight is 219 g/mol. The third kappa shape index (κ3) is 6.43. The Balaban J connectivity index is 3.81. The molecule has 0 aliphatic carbocycles. The maximum atomic E-state index is 11.4. The largest absolute Gasteiger partial charge is 0.459 e. The van der Waals surface area contributed by atoms with Gasteiger partial charge in [-0.05, 0) is 12.3 Å². The first-order chi connectivity index (χ1) is 7.01. The minimum absolute atomic E-state index is 0.0671. The lowest BCUT2D eigenvalue weighted by molar-refractivity contribution is -0.168. The van der Waals surface area contributed by atoms with E-state index in [1.165, 1.54) is 14.2 Å². The number of carbonyl (C=O) groups excluding carboxylic acids is 1. The smallest absolute Gasteiger partial charge is 0.323 e. The van der Waals surface area contributed by atoms with E-state index in [-0.39, 0.29) is 6.61 Å². The van der Waals surface area contributed by atoms with Gasteiger partial charge < -0.3 is 19.9 Å². The molecule has 15 heavy (non-hydrogen) atoms. The van der Waals surface area contributed by atoms with Gasteiger partial charge in [0.1, 0.15) is 12.6 Å². The zero-order chi connectivity index (χ0) is 11.8. The number of hydrogen-bond acceptors (Lipinski definition) is 5. The van der Waals surface area contributed by atoms with Gasteiger partial charge in [0.2, 0.25) is 0 Å². The van der Waals surface area contributed by atoms with Crippen molar-refractivity contribution in [1.82, 2.24) is 0 Å². The Morgan fingerprint density at radius 1 is 1.27 bits per heavy atom. The van der Waals surface area contributed by atoms with E-state index >= 15 is 0 Å². The van der Waals surface area contributed by atoms with E-state index in [4.69, 9.17) is 19.9 Å². The molecule has 0 aromatic rings. The Labute approximate surface area is 90.9 Å². The quantitative estimate of drug-likeness (QED) is 0.499. The fourth-order valence-electron chi connectivity index (χ4n) is 1.09. The van der Waals surface area contributed by atoms with Gasteiger partial charge in [0.25, 0.3) is 0 Å². The number of esters is 1. The van der Waals surface area contributed by atoms with Gasteiger partial charge in [0.05, 0.1) is 0 Å². The maximum Gasteiger partial charge on any atom is 0.323 e. The molecule has 5 nitrogen and oxygen atoms in total. The maximum absolute atomic E-state index is 11.4. The van der Waals surface area contributed by atoms with Crippen LogP contribution >= 0.6 is 0 Å². The molecule has 0 bridgehead atoms. The molecule has 0 aliphatic heterocycles. The third-order valence-corrected chi connectivity index (χ3v) is 1.92. The van der Waals surface area contributed by atoms with Gasteiger partial charge >= 0.3 is 5.97 Å². The van der Waals surface area contributed by atoms with Crippen molar-refractivity contribution < 1.29 is 19.0 Å². The highest BCUT2D eigenvalue weighted by Gasteiger charge is 2.18. The Bertz CT molecular complexity index is 180. The summed E-state index contributed by atoms with van der Waals surface area (Å²) in [5, 5.41) is 0. The van der Waals surface area contributed by atoms with Crippen molar-refractivity contribution in [3.05, 3.63) is 0 Å². The Hall–Kier alpha value is -0.650. The number of hydrogen-bond donors (Lipinski definition) is 1. The van der Waals surface area contributed by atoms with Gasteiger partial charge in [0.15, 0.2) is 6.29 Å². The van der Waals surface area contributed by atoms with Crippen LogP contribution in [0.15, 0.2) is 0 Å². The molecule has 0 unspecified atom stereocenters. The second-order valence-electron chi connectivity index (χ2n) is 3.77. The molecule has 0 aliphatic rings. The lowest BCUT2D eigenvalue weighted by Crippen LogP contribution is -2.35. The van der Waals surface area contributed by atoms with E-state index in [1.54, 1.807) is 0 Å². The molecule has 0 aromatic heterocycles. The van der Waals surface area contributed by atoms with Crippen molar-refractivity contribution >= 4 is 5.97 Å². The van der Waals surface area contributed by atoms with Crippen LogP contribution in [0, 0.1) is 5.92 Å². The van der Waals surface area contributed by atoms with Crippen LogP contribution in [0.25, 0.3) is 0 Å². The number of carbonyl (C=O) groups is 1. The van der Waals surface area contributed by atoms with Gasteiger partial charge in [-0.1, -0.05) is 13.8 Å². The molecule has 5 heteroatoms. The SMILES string of the molecule is COC(COC(=O)[C@@H](N)CC(C)C)OC. The molecule has 0 fully saturated rings. The van der Waals surface area contributed by atoms with Crippen LogP contribution in [0.3, 0.4) is 0 Å². The molecule has 0 amide bonds. The van der Waals surface area contributed by atoms with E-state index in [2.05, 4.69) is 0 Å². The van der Waals surface area contributed by atoms with Gasteiger partial charge in [-0.2, -0.15) is 0 Å². The number of ether oxygens (including phenoxy) is 3. The summed E-state index contributed by atoms with van der Waals surface area (Å²) < 4.78 is 14.7. The predicted molar refractivity (Wildman–Crippen MR) is 56.2 cm³/mol. The van der Waals surface area contributed by atoms with Crippen molar-refractivity contribution in [1.29, 1.82) is 0 Å². The van der Waals surface area contributed by atoms with Crippen LogP contribution < -0.4 is 5.73 Å². The normalized spacial score (nSPS) is 13.3. The Morgan fingerprint density at radius 3 is 2.20 bits per heavy atom. The summed E-state index contributed by atoms with van der Waals surface area (Å²) >= 11 is 0. The monoisotopic (exact) mass is 219 g/mol. The number of nitrogens with two attached hydrogens (primary N) is 1. The summed E-state index contributed by atoms with van der Waals surface area (Å²) in [6.07, 6.45) is 0.0870. The highest BCUT2D eigenvalue weighted by Crippen LogP contribution is 2.04. The number of rotatable bonds is 7. The molecular weight excluding hydrogens is 198 g/mol. The van der Waals surface area contributed by atoms with Gasteiger partial charge in [-0.3, -0.25) is 4.79 Å². The van der Waals surface area contributed by atoms with Gasteiger partial charge in [0, 0.05) is 14.2 Å². The zero-order valence-electron chi connectivity index (χ0n) is 9.86. The standard InChI is InChI=1S/C10H21NO4/c1-7(2)5-8(11)10(12)15-6-9(13-3)14-4/h7-9H,5-6,11H2,1-4H3/t8-/m0/s1. The second kappa shape index (κ2) is 7.62. The molecule has 0 heterocycles. The minimum atomic E-state index is -0.570. The second-order valence-corrected chi connectivity index (χ2v) is 3.77. The number of methoxy groups -OCH3 is 2. The Kier molecular flexibility index (Phi) is 7.29. The first kappa shape index (κ1) is 14.3. The van der Waals surface area contributed by atoms with E-state index in [1.807, 2.05) is 13.8 Å². The van der Waals surface area contributed by atoms with Crippen LogP contribution in [-0.2, 0) is 19.0 Å². The highest BCUT2D eigenvalue weighted by molar-refractivity contribution is 5.75. The summed E-state index contributed by atoms with van der Waals surface area (Å²) in [5.74, 6) is -0.0454. The van der Waals surface area contributed by atoms with Crippen molar-refractivity contribution in [2.75, 3.05) is 20.8 Å². The van der Waals surface area contributed by atoms with Crippen molar-refractivity contribution in [2.24, 2.45) is 11.7 Å². The first-order valence-corrected chi connectivity index (χ1v) is 4.99. The molecule has 0 aromatic carbocycles. The van der Waals surface area contributed by atoms with E-state index in [0.29, 0.717) is 12.3 Å². The summed E-state index contributed by atoms with van der Waals surface area (Å²) in [6.45, 7) is 4.07. The first-order valence-electron chi connectivity index (χ1n) is 4.99. The Morgan fingerprint density at radius 2 is 1.80 bits per heavy atom. The summed E-state index contributed by atoms with van der Waals surface area (Å²) in [5.41, 5.74) is 5.63. The van der Waals surface area contributed by atoms with E-state index < -0.39 is 18.3 Å². The molecule has 90 valence electrons. The van der Waals surface area contributed by atoms with Crippen LogP contribution in [0.2, 0.25) is 0 Å². The minimum Gasteiger partial charge on any atom is -0.459 e. The summed E-state index contributed by atoms with van der Waals surface area (Å²) in [7, 11) is 2.96. The van der Waals surface area contributed by atoms with E-state index in [9.17, 15) is 4.79 Å². The van der Waals surface area contributed by atoms with Crippen molar-refractivity contribution in [2.45, 2.75) is 32.6 Å². The molecule has 0 radical (unpaired) electrons. The predicted octanol–water partition coefficient (Wildman–Crippen LogP) is 0.522. The fourth-order valence-corrected chi connectivity index (χ4v) is 1.09. The van der Waals surface area contributed by atoms with Gasteiger partial charge in [-0.25, -0.2) is 0 Å². The van der Waals surface area contributed by atoms with Gasteiger partial charge in [-0.15, -0.1) is 0 Å². The molecular formula is C10H21NO4. The lowest BCUT2D eigenvalue weighted by atomic mass is 10.1. The zero-order valence-corrected chi connectivity index (χ0v) is 9.86. The lowest BCUT2D eigenvalue weighted by Gasteiger charge is -2.16. The fraction of sp³-hybridized carbons (Fsp3) is 0.900. The molecule has 2 N–H and O–H groups in total. The molecule has 0 rings (SSSR count). The molecule has 0 saturated carbocycles. The highest BCUT2D eigenvalue weighted by atomic mass is 16.7. The van der Waals surface area contributed by atoms with Crippen molar-refractivity contribution in [3.63, 3.8) is 0 Å². The van der Waals surface area contributed by atoms with Crippen LogP contribution in [0.4, 0.5) is 0 Å². The van der Waals surface area contributed by atoms with Crippen molar-refractivity contribution in [3.8, 4) is 0 Å². The molecule has 0 spiro atoms. The molecule has 1 atom stereocenters. The van der Waals surface area contributed by atoms with Crippen LogP contribution in [0.1, 0.15) is 20.3 Å².